The van der Waals surface area contributed by atoms with E-state index in [1.807, 2.05) is 20.8 Å². The van der Waals surface area contributed by atoms with Crippen LogP contribution in [-0.4, -0.2) is 43.8 Å². The third-order valence-electron chi connectivity index (χ3n) is 6.54. The molecule has 0 saturated heterocycles. The number of nitrogens with zero attached hydrogens (tertiary/aromatic N) is 2. The number of hydrogen-bond acceptors (Lipinski definition) is 4. The normalized spacial score (nSPS) is 12.9. The van der Waals surface area contributed by atoms with Gasteiger partial charge in [-0.05, 0) is 69.7 Å². The van der Waals surface area contributed by atoms with E-state index in [-0.39, 0.29) is 29.1 Å². The van der Waals surface area contributed by atoms with E-state index in [0.717, 1.165) is 9.87 Å². The highest BCUT2D eigenvalue weighted by atomic mass is 35.5. The summed E-state index contributed by atoms with van der Waals surface area (Å²) in [7, 11) is -4.20. The van der Waals surface area contributed by atoms with Gasteiger partial charge in [-0.2, -0.15) is 0 Å². The first-order chi connectivity index (χ1) is 18.8. The van der Waals surface area contributed by atoms with E-state index in [9.17, 15) is 18.0 Å². The molecule has 2 atom stereocenters. The number of aryl methyl sites for hydroxylation is 1. The highest BCUT2D eigenvalue weighted by Gasteiger charge is 2.33. The third-order valence-corrected chi connectivity index (χ3v) is 9.27. The van der Waals surface area contributed by atoms with Crippen molar-refractivity contribution >= 4 is 62.3 Å². The van der Waals surface area contributed by atoms with E-state index in [2.05, 4.69) is 5.32 Å². The number of halogens is 3. The summed E-state index contributed by atoms with van der Waals surface area (Å²) in [6.45, 7) is 6.51. The number of rotatable bonds is 11. The number of anilines is 1. The molecule has 0 bridgehead atoms. The minimum atomic E-state index is -4.20. The van der Waals surface area contributed by atoms with Gasteiger partial charge >= 0.3 is 0 Å². The fourth-order valence-electron chi connectivity index (χ4n) is 3.90. The average Bonchev–Trinajstić information content (AvgIpc) is 2.91. The number of hydrogen-bond donors (Lipinski definition) is 1. The topological polar surface area (TPSA) is 86.8 Å². The number of sulfonamides is 1. The summed E-state index contributed by atoms with van der Waals surface area (Å²) >= 11 is 19.0. The van der Waals surface area contributed by atoms with Crippen LogP contribution in [0.25, 0.3) is 0 Å². The van der Waals surface area contributed by atoms with Crippen molar-refractivity contribution < 1.29 is 18.0 Å². The summed E-state index contributed by atoms with van der Waals surface area (Å²) in [6, 6.07) is 16.4. The van der Waals surface area contributed by atoms with Crippen LogP contribution in [-0.2, 0) is 26.2 Å². The van der Waals surface area contributed by atoms with Crippen LogP contribution in [0.3, 0.4) is 0 Å². The van der Waals surface area contributed by atoms with E-state index < -0.39 is 28.5 Å². The molecule has 3 rings (SSSR count). The van der Waals surface area contributed by atoms with Crippen molar-refractivity contribution in [1.82, 2.24) is 10.2 Å². The molecular formula is C29H32Cl3N3O4S. The van der Waals surface area contributed by atoms with Crippen LogP contribution >= 0.6 is 34.8 Å². The van der Waals surface area contributed by atoms with E-state index in [4.69, 9.17) is 34.8 Å². The predicted octanol–water partition coefficient (Wildman–Crippen LogP) is 6.48. The zero-order valence-corrected chi connectivity index (χ0v) is 25.8. The van der Waals surface area contributed by atoms with Gasteiger partial charge in [-0.1, -0.05) is 71.6 Å². The van der Waals surface area contributed by atoms with Crippen molar-refractivity contribution in [3.8, 4) is 0 Å². The lowest BCUT2D eigenvalue weighted by molar-refractivity contribution is -0.139. The Morgan fingerprint density at radius 3 is 2.10 bits per heavy atom. The van der Waals surface area contributed by atoms with Crippen LogP contribution in [0.15, 0.2) is 71.6 Å². The molecule has 0 aliphatic rings. The second-order valence-corrected chi connectivity index (χ2v) is 12.6. The van der Waals surface area contributed by atoms with Crippen molar-refractivity contribution in [2.45, 2.75) is 57.6 Å². The van der Waals surface area contributed by atoms with E-state index in [1.54, 1.807) is 55.5 Å². The molecule has 0 fully saturated rings. The molecule has 0 aliphatic carbocycles. The van der Waals surface area contributed by atoms with Gasteiger partial charge in [0.2, 0.25) is 11.8 Å². The number of benzene rings is 3. The highest BCUT2D eigenvalue weighted by Crippen LogP contribution is 2.29. The van der Waals surface area contributed by atoms with Crippen molar-refractivity contribution in [3.05, 3.63) is 92.9 Å². The molecule has 40 heavy (non-hydrogen) atoms. The van der Waals surface area contributed by atoms with Crippen molar-refractivity contribution in [3.63, 3.8) is 0 Å². The second kappa shape index (κ2) is 13.7. The zero-order valence-electron chi connectivity index (χ0n) is 22.7. The maximum absolute atomic E-state index is 14.0. The molecule has 1 N–H and O–H groups in total. The quantitative estimate of drug-likeness (QED) is 0.265. The summed E-state index contributed by atoms with van der Waals surface area (Å²) < 4.78 is 28.7. The smallest absolute Gasteiger partial charge is 0.264 e. The number of carbonyl (C=O) groups excluding carboxylic acids is 2. The Hall–Kier alpha value is -2.78. The van der Waals surface area contributed by atoms with E-state index >= 15 is 0 Å². The lowest BCUT2D eigenvalue weighted by atomic mass is 10.1. The van der Waals surface area contributed by atoms with Crippen molar-refractivity contribution in [2.75, 3.05) is 10.8 Å². The summed E-state index contributed by atoms with van der Waals surface area (Å²) in [6.07, 6.45) is 0.695. The van der Waals surface area contributed by atoms with Gasteiger partial charge in [0.05, 0.1) is 10.6 Å². The number of amides is 2. The fraction of sp³-hybridized carbons (Fsp3) is 0.310. The van der Waals surface area contributed by atoms with Gasteiger partial charge in [0.1, 0.15) is 12.6 Å². The Balaban J connectivity index is 2.07. The molecule has 0 saturated carbocycles. The van der Waals surface area contributed by atoms with Crippen molar-refractivity contribution in [2.24, 2.45) is 0 Å². The van der Waals surface area contributed by atoms with Gasteiger partial charge in [0.25, 0.3) is 10.0 Å². The number of carbonyl (C=O) groups is 2. The van der Waals surface area contributed by atoms with Gasteiger partial charge in [0.15, 0.2) is 0 Å². The molecule has 11 heteroatoms. The summed E-state index contributed by atoms with van der Waals surface area (Å²) in [5.74, 6) is -1.01. The summed E-state index contributed by atoms with van der Waals surface area (Å²) in [4.78, 5) is 28.4. The van der Waals surface area contributed by atoms with Crippen LogP contribution in [0.1, 0.15) is 38.3 Å². The molecule has 3 aromatic carbocycles. The van der Waals surface area contributed by atoms with Crippen LogP contribution in [0, 0.1) is 6.92 Å². The van der Waals surface area contributed by atoms with Gasteiger partial charge < -0.3 is 10.2 Å². The monoisotopic (exact) mass is 623 g/mol. The van der Waals surface area contributed by atoms with Crippen LogP contribution in [0.2, 0.25) is 15.1 Å². The van der Waals surface area contributed by atoms with Crippen LogP contribution < -0.4 is 9.62 Å². The molecule has 0 spiro atoms. The Kier molecular flexibility index (Phi) is 10.9. The number of nitrogens with one attached hydrogen (secondary N) is 1. The molecule has 0 aliphatic heterocycles. The minimum Gasteiger partial charge on any atom is -0.352 e. The first kappa shape index (κ1) is 31.7. The molecule has 0 heterocycles. The van der Waals surface area contributed by atoms with E-state index in [0.29, 0.717) is 27.1 Å². The molecule has 2 amide bonds. The Morgan fingerprint density at radius 1 is 0.925 bits per heavy atom. The lowest BCUT2D eigenvalue weighted by Crippen LogP contribution is -2.52. The maximum Gasteiger partial charge on any atom is 0.264 e. The van der Waals surface area contributed by atoms with Gasteiger partial charge in [-0.25, -0.2) is 8.42 Å². The van der Waals surface area contributed by atoms with Gasteiger partial charge in [0, 0.05) is 33.2 Å². The first-order valence-corrected chi connectivity index (χ1v) is 15.3. The van der Waals surface area contributed by atoms with Crippen molar-refractivity contribution in [1.29, 1.82) is 0 Å². The fourth-order valence-corrected chi connectivity index (χ4v) is 6.01. The predicted molar refractivity (Wildman–Crippen MR) is 162 cm³/mol. The highest BCUT2D eigenvalue weighted by molar-refractivity contribution is 7.92. The standard InChI is InChI=1S/C29H32Cl3N3O4S/c1-5-20(3)33-29(37)21(4)34(17-25-26(31)10-7-11-27(25)32)28(36)18-35(23-9-6-8-22(30)16-23)40(38,39)24-14-12-19(2)13-15-24/h6-16,20-21H,5,17-18H2,1-4H3,(H,33,37)/t20-,21-/m1/s1. The molecule has 0 aromatic heterocycles. The zero-order chi connectivity index (χ0) is 29.6. The van der Waals surface area contributed by atoms with E-state index in [1.165, 1.54) is 23.1 Å². The maximum atomic E-state index is 14.0. The Morgan fingerprint density at radius 2 is 1.52 bits per heavy atom. The molecule has 214 valence electrons. The minimum absolute atomic E-state index is 0.00846. The Labute approximate surface area is 251 Å². The first-order valence-electron chi connectivity index (χ1n) is 12.7. The van der Waals surface area contributed by atoms with Gasteiger partial charge in [-0.3, -0.25) is 13.9 Å². The lowest BCUT2D eigenvalue weighted by Gasteiger charge is -2.33. The Bertz CT molecular complexity index is 1450. The molecule has 3 aromatic rings. The molecule has 7 nitrogen and oxygen atoms in total. The summed E-state index contributed by atoms with van der Waals surface area (Å²) in [5, 5.41) is 3.82. The van der Waals surface area contributed by atoms with Crippen LogP contribution in [0.4, 0.5) is 5.69 Å². The SMILES string of the molecule is CC[C@@H](C)NC(=O)[C@@H](C)N(Cc1c(Cl)cccc1Cl)C(=O)CN(c1cccc(Cl)c1)S(=O)(=O)c1ccc(C)cc1. The largest absolute Gasteiger partial charge is 0.352 e. The molecular weight excluding hydrogens is 593 g/mol. The molecule has 0 radical (unpaired) electrons. The average molecular weight is 625 g/mol. The van der Waals surface area contributed by atoms with Crippen LogP contribution in [0.5, 0.6) is 0 Å². The third kappa shape index (κ3) is 7.69. The van der Waals surface area contributed by atoms with Gasteiger partial charge in [-0.15, -0.1) is 0 Å². The molecule has 0 unspecified atom stereocenters. The summed E-state index contributed by atoms with van der Waals surface area (Å²) in [5.41, 5.74) is 1.53. The second-order valence-electron chi connectivity index (χ2n) is 9.52.